The minimum absolute atomic E-state index is 0.158. The predicted octanol–water partition coefficient (Wildman–Crippen LogP) is 2.03. The highest BCUT2D eigenvalue weighted by Gasteiger charge is 2.17. The molecule has 0 bridgehead atoms. The second-order valence-corrected chi connectivity index (χ2v) is 5.24. The SMILES string of the molecule is C=C(OCC)c1cc(CC(C)C)nc2c(C(N)=O)ncn12. The number of fused-ring (bicyclic) bond motifs is 1. The summed E-state index contributed by atoms with van der Waals surface area (Å²) in [5.74, 6) is 0.358. The maximum atomic E-state index is 11.5. The smallest absolute Gasteiger partial charge is 0.271 e. The Bertz CT molecular complexity index is 688. The van der Waals surface area contributed by atoms with Gasteiger partial charge in [-0.2, -0.15) is 0 Å². The Morgan fingerprint density at radius 1 is 1.52 bits per heavy atom. The first-order valence-corrected chi connectivity index (χ1v) is 6.92. The number of primary amides is 1. The van der Waals surface area contributed by atoms with E-state index in [2.05, 4.69) is 30.4 Å². The van der Waals surface area contributed by atoms with Gasteiger partial charge in [-0.15, -0.1) is 0 Å². The first-order chi connectivity index (χ1) is 9.93. The van der Waals surface area contributed by atoms with Crippen LogP contribution in [0.25, 0.3) is 11.4 Å². The molecular weight excluding hydrogens is 268 g/mol. The molecule has 2 heterocycles. The number of hydrogen-bond acceptors (Lipinski definition) is 4. The minimum atomic E-state index is -0.598. The van der Waals surface area contributed by atoms with Crippen molar-refractivity contribution in [3.05, 3.63) is 36.1 Å². The van der Waals surface area contributed by atoms with Gasteiger partial charge in [0.2, 0.25) is 0 Å². The van der Waals surface area contributed by atoms with Gasteiger partial charge in [0.1, 0.15) is 12.1 Å². The van der Waals surface area contributed by atoms with Gasteiger partial charge in [0, 0.05) is 5.69 Å². The zero-order valence-corrected chi connectivity index (χ0v) is 12.6. The molecule has 1 amide bonds. The first-order valence-electron chi connectivity index (χ1n) is 6.92. The molecule has 0 aromatic carbocycles. The van der Waals surface area contributed by atoms with Crippen LogP contribution in [0, 0.1) is 5.92 Å². The fraction of sp³-hybridized carbons (Fsp3) is 0.400. The molecule has 0 spiro atoms. The summed E-state index contributed by atoms with van der Waals surface area (Å²) in [6, 6.07) is 1.91. The first kappa shape index (κ1) is 15.0. The van der Waals surface area contributed by atoms with Crippen molar-refractivity contribution in [2.45, 2.75) is 27.2 Å². The van der Waals surface area contributed by atoms with Crippen LogP contribution in [-0.4, -0.2) is 26.9 Å². The lowest BCUT2D eigenvalue weighted by Crippen LogP contribution is -2.13. The molecular formula is C15H20N4O2. The fourth-order valence-corrected chi connectivity index (χ4v) is 2.18. The van der Waals surface area contributed by atoms with Crippen molar-refractivity contribution in [3.63, 3.8) is 0 Å². The Morgan fingerprint density at radius 3 is 2.81 bits per heavy atom. The van der Waals surface area contributed by atoms with Crippen LogP contribution < -0.4 is 5.73 Å². The highest BCUT2D eigenvalue weighted by molar-refractivity contribution is 5.96. The molecule has 0 unspecified atom stereocenters. The van der Waals surface area contributed by atoms with Crippen molar-refractivity contribution in [2.24, 2.45) is 11.7 Å². The third-order valence-corrected chi connectivity index (χ3v) is 3.01. The van der Waals surface area contributed by atoms with Crippen molar-refractivity contribution >= 4 is 17.3 Å². The quantitative estimate of drug-likeness (QED) is 0.824. The maximum Gasteiger partial charge on any atom is 0.271 e. The van der Waals surface area contributed by atoms with Gasteiger partial charge in [-0.3, -0.25) is 9.20 Å². The number of carbonyl (C=O) groups excluding carboxylic acids is 1. The van der Waals surface area contributed by atoms with Gasteiger partial charge in [-0.05, 0) is 25.3 Å². The molecule has 0 aliphatic rings. The molecule has 0 saturated heterocycles. The Kier molecular flexibility index (Phi) is 4.26. The molecule has 6 heteroatoms. The number of carbonyl (C=O) groups is 1. The van der Waals surface area contributed by atoms with E-state index in [1.807, 2.05) is 13.0 Å². The molecule has 2 N–H and O–H groups in total. The summed E-state index contributed by atoms with van der Waals surface area (Å²) in [5, 5.41) is 0. The molecule has 21 heavy (non-hydrogen) atoms. The Balaban J connectivity index is 2.64. The predicted molar refractivity (Wildman–Crippen MR) is 80.7 cm³/mol. The van der Waals surface area contributed by atoms with Gasteiger partial charge in [0.05, 0.1) is 12.3 Å². The van der Waals surface area contributed by atoms with E-state index in [0.717, 1.165) is 17.8 Å². The third kappa shape index (κ3) is 3.04. The summed E-state index contributed by atoms with van der Waals surface area (Å²) >= 11 is 0. The van der Waals surface area contributed by atoms with Crippen molar-refractivity contribution in [1.82, 2.24) is 14.4 Å². The summed E-state index contributed by atoms with van der Waals surface area (Å²) in [6.45, 7) is 10.5. The zero-order valence-electron chi connectivity index (χ0n) is 12.6. The number of imidazole rings is 1. The van der Waals surface area contributed by atoms with Crippen LogP contribution in [0.1, 0.15) is 42.6 Å². The number of hydrogen-bond donors (Lipinski definition) is 1. The van der Waals surface area contributed by atoms with E-state index in [1.165, 1.54) is 6.33 Å². The van der Waals surface area contributed by atoms with E-state index in [-0.39, 0.29) is 5.69 Å². The summed E-state index contributed by atoms with van der Waals surface area (Å²) in [5.41, 5.74) is 7.54. The monoisotopic (exact) mass is 288 g/mol. The maximum absolute atomic E-state index is 11.5. The standard InChI is InChI=1S/C15H20N4O2/c1-5-21-10(4)12-7-11(6-9(2)3)18-15-13(14(16)20)17-8-19(12)15/h7-9H,4-6H2,1-3H3,(H2,16,20). The average Bonchev–Trinajstić information content (AvgIpc) is 2.81. The van der Waals surface area contributed by atoms with Gasteiger partial charge in [-0.25, -0.2) is 9.97 Å². The van der Waals surface area contributed by atoms with Gasteiger partial charge in [0.15, 0.2) is 11.3 Å². The van der Waals surface area contributed by atoms with Crippen LogP contribution in [0.4, 0.5) is 0 Å². The van der Waals surface area contributed by atoms with E-state index < -0.39 is 5.91 Å². The van der Waals surface area contributed by atoms with Crippen LogP contribution in [0.5, 0.6) is 0 Å². The lowest BCUT2D eigenvalue weighted by atomic mass is 10.1. The summed E-state index contributed by atoms with van der Waals surface area (Å²) < 4.78 is 7.16. The number of rotatable bonds is 6. The van der Waals surface area contributed by atoms with Crippen molar-refractivity contribution < 1.29 is 9.53 Å². The van der Waals surface area contributed by atoms with Crippen LogP contribution in [0.15, 0.2) is 19.0 Å². The van der Waals surface area contributed by atoms with Gasteiger partial charge in [-0.1, -0.05) is 20.4 Å². The highest BCUT2D eigenvalue weighted by Crippen LogP contribution is 2.20. The number of ether oxygens (including phenoxy) is 1. The largest absolute Gasteiger partial charge is 0.492 e. The highest BCUT2D eigenvalue weighted by atomic mass is 16.5. The number of nitrogens with zero attached hydrogens (tertiary/aromatic N) is 3. The van der Waals surface area contributed by atoms with Crippen molar-refractivity contribution in [2.75, 3.05) is 6.61 Å². The molecule has 0 saturated carbocycles. The van der Waals surface area contributed by atoms with Gasteiger partial charge < -0.3 is 10.5 Å². The topological polar surface area (TPSA) is 82.5 Å². The van der Waals surface area contributed by atoms with Crippen LogP contribution >= 0.6 is 0 Å². The Morgan fingerprint density at radius 2 is 2.24 bits per heavy atom. The molecule has 0 radical (unpaired) electrons. The number of nitrogens with two attached hydrogens (primary N) is 1. The average molecular weight is 288 g/mol. The molecule has 112 valence electrons. The molecule has 2 aromatic heterocycles. The summed E-state index contributed by atoms with van der Waals surface area (Å²) in [6.07, 6.45) is 2.30. The lowest BCUT2D eigenvalue weighted by molar-refractivity contribution is 0.0997. The third-order valence-electron chi connectivity index (χ3n) is 3.01. The molecule has 6 nitrogen and oxygen atoms in total. The van der Waals surface area contributed by atoms with E-state index in [0.29, 0.717) is 23.9 Å². The summed E-state index contributed by atoms with van der Waals surface area (Å²) in [4.78, 5) is 20.0. The van der Waals surface area contributed by atoms with E-state index in [4.69, 9.17) is 10.5 Å². The molecule has 0 aliphatic heterocycles. The second kappa shape index (κ2) is 5.95. The lowest BCUT2D eigenvalue weighted by Gasteiger charge is -2.12. The van der Waals surface area contributed by atoms with E-state index in [1.54, 1.807) is 4.40 Å². The summed E-state index contributed by atoms with van der Waals surface area (Å²) in [7, 11) is 0. The molecule has 2 rings (SSSR count). The van der Waals surface area contributed by atoms with Crippen LogP contribution in [-0.2, 0) is 11.2 Å². The van der Waals surface area contributed by atoms with Gasteiger partial charge >= 0.3 is 0 Å². The van der Waals surface area contributed by atoms with Crippen LogP contribution in [0.3, 0.4) is 0 Å². The minimum Gasteiger partial charge on any atom is -0.492 e. The van der Waals surface area contributed by atoms with Crippen molar-refractivity contribution in [3.8, 4) is 0 Å². The molecule has 0 aliphatic carbocycles. The second-order valence-electron chi connectivity index (χ2n) is 5.24. The number of aromatic nitrogens is 3. The Hall–Kier alpha value is -2.37. The molecule has 0 fully saturated rings. The number of amides is 1. The normalized spacial score (nSPS) is 11.0. The molecule has 0 atom stereocenters. The fourth-order valence-electron chi connectivity index (χ4n) is 2.18. The van der Waals surface area contributed by atoms with Crippen molar-refractivity contribution in [1.29, 1.82) is 0 Å². The Labute approximate surface area is 123 Å². The zero-order chi connectivity index (χ0) is 15.6. The van der Waals surface area contributed by atoms with Crippen LogP contribution in [0.2, 0.25) is 0 Å². The molecule has 2 aromatic rings. The van der Waals surface area contributed by atoms with Gasteiger partial charge in [0.25, 0.3) is 5.91 Å². The van der Waals surface area contributed by atoms with E-state index >= 15 is 0 Å². The van der Waals surface area contributed by atoms with E-state index in [9.17, 15) is 4.79 Å².